The first-order valence-corrected chi connectivity index (χ1v) is 6.66. The van der Waals surface area contributed by atoms with Gasteiger partial charge in [-0.3, -0.25) is 9.78 Å². The van der Waals surface area contributed by atoms with Crippen molar-refractivity contribution in [3.05, 3.63) is 58.1 Å². The molecule has 2 aromatic rings. The zero-order valence-electron chi connectivity index (χ0n) is 9.94. The van der Waals surface area contributed by atoms with Crippen molar-refractivity contribution in [2.75, 3.05) is 11.4 Å². The van der Waals surface area contributed by atoms with E-state index in [1.807, 2.05) is 0 Å². The molecule has 0 unspecified atom stereocenters. The van der Waals surface area contributed by atoms with E-state index in [1.54, 1.807) is 35.5 Å². The number of halogens is 2. The molecule has 1 amide bonds. The van der Waals surface area contributed by atoms with Gasteiger partial charge in [0.2, 0.25) is 0 Å². The van der Waals surface area contributed by atoms with E-state index in [-0.39, 0.29) is 11.5 Å². The summed E-state index contributed by atoms with van der Waals surface area (Å²) in [6.45, 7) is 0.556. The van der Waals surface area contributed by atoms with Gasteiger partial charge in [0.15, 0.2) is 0 Å². The third-order valence-electron chi connectivity index (χ3n) is 3.20. The van der Waals surface area contributed by atoms with E-state index < -0.39 is 5.82 Å². The fraction of sp³-hybridized carbons (Fsp3) is 0.143. The average molecular weight is 321 g/mol. The van der Waals surface area contributed by atoms with Crippen molar-refractivity contribution in [2.24, 2.45) is 0 Å². The first kappa shape index (κ1) is 12.3. The average Bonchev–Trinajstić information content (AvgIpc) is 2.82. The molecule has 0 aliphatic carbocycles. The fourth-order valence-corrected chi connectivity index (χ4v) is 2.79. The highest BCUT2D eigenvalue weighted by Crippen LogP contribution is 2.30. The minimum atomic E-state index is -0.512. The highest BCUT2D eigenvalue weighted by molar-refractivity contribution is 9.10. The summed E-state index contributed by atoms with van der Waals surface area (Å²) in [5.74, 6) is -0.836. The van der Waals surface area contributed by atoms with Gasteiger partial charge in [-0.2, -0.15) is 0 Å². The van der Waals surface area contributed by atoms with Crippen molar-refractivity contribution in [1.29, 1.82) is 0 Å². The summed E-state index contributed by atoms with van der Waals surface area (Å²) in [7, 11) is 0. The largest absolute Gasteiger partial charge is 0.308 e. The minimum absolute atomic E-state index is 0.0761. The number of amides is 1. The number of nitrogens with zero attached hydrogens (tertiary/aromatic N) is 2. The zero-order chi connectivity index (χ0) is 13.4. The Morgan fingerprint density at radius 1 is 1.37 bits per heavy atom. The molecule has 0 bridgehead atoms. The summed E-state index contributed by atoms with van der Waals surface area (Å²) in [6, 6.07) is 6.31. The van der Waals surface area contributed by atoms with E-state index in [0.29, 0.717) is 11.0 Å². The van der Waals surface area contributed by atoms with Gasteiger partial charge in [0.25, 0.3) is 5.91 Å². The molecule has 1 aromatic carbocycles. The van der Waals surface area contributed by atoms with Crippen molar-refractivity contribution >= 4 is 27.5 Å². The Hall–Kier alpha value is -1.75. The van der Waals surface area contributed by atoms with Gasteiger partial charge in [0, 0.05) is 23.4 Å². The fourth-order valence-electron chi connectivity index (χ4n) is 2.28. The van der Waals surface area contributed by atoms with Gasteiger partial charge in [0.05, 0.1) is 11.3 Å². The molecule has 0 fully saturated rings. The maximum Gasteiger partial charge on any atom is 0.262 e. The summed E-state index contributed by atoms with van der Waals surface area (Å²) in [5, 5.41) is 0. The molecule has 3 rings (SSSR count). The molecule has 0 radical (unpaired) electrons. The van der Waals surface area contributed by atoms with Gasteiger partial charge >= 0.3 is 0 Å². The zero-order valence-corrected chi connectivity index (χ0v) is 11.5. The number of carbonyl (C=O) groups is 1. The molecular formula is C14H10BrFN2O. The van der Waals surface area contributed by atoms with Crippen molar-refractivity contribution in [2.45, 2.75) is 6.42 Å². The summed E-state index contributed by atoms with van der Waals surface area (Å²) >= 11 is 3.23. The van der Waals surface area contributed by atoms with E-state index in [4.69, 9.17) is 0 Å². The van der Waals surface area contributed by atoms with Crippen LogP contribution < -0.4 is 4.90 Å². The van der Waals surface area contributed by atoms with E-state index in [2.05, 4.69) is 20.9 Å². The van der Waals surface area contributed by atoms with Gasteiger partial charge in [-0.1, -0.05) is 6.07 Å². The third kappa shape index (κ3) is 2.04. The van der Waals surface area contributed by atoms with Crippen LogP contribution >= 0.6 is 15.9 Å². The SMILES string of the molecule is O=C(c1c(F)cccc1Br)N1CCc2cnccc21. The summed E-state index contributed by atoms with van der Waals surface area (Å²) < 4.78 is 14.3. The lowest BCUT2D eigenvalue weighted by Crippen LogP contribution is -2.30. The molecule has 3 nitrogen and oxygen atoms in total. The molecule has 0 N–H and O–H groups in total. The molecule has 96 valence electrons. The number of benzene rings is 1. The Labute approximate surface area is 118 Å². The van der Waals surface area contributed by atoms with Crippen LogP contribution in [-0.4, -0.2) is 17.4 Å². The summed E-state index contributed by atoms with van der Waals surface area (Å²) in [6.07, 6.45) is 4.14. The predicted molar refractivity (Wildman–Crippen MR) is 73.7 cm³/mol. The molecular weight excluding hydrogens is 311 g/mol. The van der Waals surface area contributed by atoms with Crippen LogP contribution in [0, 0.1) is 5.82 Å². The van der Waals surface area contributed by atoms with Crippen LogP contribution in [0.4, 0.5) is 10.1 Å². The topological polar surface area (TPSA) is 33.2 Å². The number of carbonyl (C=O) groups excluding carboxylic acids is 1. The monoisotopic (exact) mass is 320 g/mol. The molecule has 1 aromatic heterocycles. The number of anilines is 1. The van der Waals surface area contributed by atoms with Crippen molar-refractivity contribution in [3.63, 3.8) is 0 Å². The number of rotatable bonds is 1. The molecule has 1 aliphatic rings. The first-order chi connectivity index (χ1) is 9.18. The Kier molecular flexibility index (Phi) is 3.06. The summed E-state index contributed by atoms with van der Waals surface area (Å²) in [5.41, 5.74) is 1.91. The van der Waals surface area contributed by atoms with E-state index in [0.717, 1.165) is 17.7 Å². The second-order valence-corrected chi connectivity index (χ2v) is 5.16. The van der Waals surface area contributed by atoms with Crippen molar-refractivity contribution in [3.8, 4) is 0 Å². The Bertz CT molecular complexity index is 639. The van der Waals surface area contributed by atoms with Gasteiger partial charge in [-0.25, -0.2) is 4.39 Å². The second-order valence-electron chi connectivity index (χ2n) is 4.31. The number of hydrogen-bond donors (Lipinski definition) is 0. The van der Waals surface area contributed by atoms with Crippen molar-refractivity contribution in [1.82, 2.24) is 4.98 Å². The predicted octanol–water partition coefficient (Wildman–Crippen LogP) is 3.19. The van der Waals surface area contributed by atoms with Gasteiger partial charge in [-0.15, -0.1) is 0 Å². The lowest BCUT2D eigenvalue weighted by Gasteiger charge is -2.18. The van der Waals surface area contributed by atoms with E-state index in [1.165, 1.54) is 6.07 Å². The number of pyridine rings is 1. The highest BCUT2D eigenvalue weighted by atomic mass is 79.9. The second kappa shape index (κ2) is 4.74. The first-order valence-electron chi connectivity index (χ1n) is 5.87. The van der Waals surface area contributed by atoms with E-state index in [9.17, 15) is 9.18 Å². The molecule has 0 saturated carbocycles. The molecule has 5 heteroatoms. The Morgan fingerprint density at radius 2 is 2.21 bits per heavy atom. The smallest absolute Gasteiger partial charge is 0.262 e. The molecule has 0 atom stereocenters. The molecule has 1 aliphatic heterocycles. The Balaban J connectivity index is 2.03. The molecule has 0 saturated heterocycles. The lowest BCUT2D eigenvalue weighted by atomic mass is 10.2. The lowest BCUT2D eigenvalue weighted by molar-refractivity contribution is 0.0984. The van der Waals surface area contributed by atoms with Crippen LogP contribution in [0.5, 0.6) is 0 Å². The van der Waals surface area contributed by atoms with Gasteiger partial charge < -0.3 is 4.90 Å². The molecule has 2 heterocycles. The van der Waals surface area contributed by atoms with E-state index >= 15 is 0 Å². The van der Waals surface area contributed by atoms with Crippen LogP contribution in [0.3, 0.4) is 0 Å². The Morgan fingerprint density at radius 3 is 3.00 bits per heavy atom. The maximum absolute atomic E-state index is 13.8. The van der Waals surface area contributed by atoms with Crippen molar-refractivity contribution < 1.29 is 9.18 Å². The number of aromatic nitrogens is 1. The van der Waals surface area contributed by atoms with Crippen LogP contribution in [0.1, 0.15) is 15.9 Å². The van der Waals surface area contributed by atoms with Gasteiger partial charge in [0.1, 0.15) is 5.82 Å². The normalized spacial score (nSPS) is 13.5. The van der Waals surface area contributed by atoms with Crippen LogP contribution in [0.2, 0.25) is 0 Å². The molecule has 19 heavy (non-hydrogen) atoms. The quantitative estimate of drug-likeness (QED) is 0.808. The highest BCUT2D eigenvalue weighted by Gasteiger charge is 2.28. The van der Waals surface area contributed by atoms with Crippen LogP contribution in [0.25, 0.3) is 0 Å². The minimum Gasteiger partial charge on any atom is -0.308 e. The van der Waals surface area contributed by atoms with Gasteiger partial charge in [-0.05, 0) is 46.1 Å². The third-order valence-corrected chi connectivity index (χ3v) is 3.86. The number of hydrogen-bond acceptors (Lipinski definition) is 2. The summed E-state index contributed by atoms with van der Waals surface area (Å²) in [4.78, 5) is 18.1. The standard InChI is InChI=1S/C14H10BrFN2O/c15-10-2-1-3-11(16)13(10)14(19)18-7-5-9-8-17-6-4-12(9)18/h1-4,6,8H,5,7H2. The van der Waals surface area contributed by atoms with Crippen LogP contribution in [-0.2, 0) is 6.42 Å². The molecule has 0 spiro atoms. The van der Waals surface area contributed by atoms with Crippen LogP contribution in [0.15, 0.2) is 41.1 Å². The number of fused-ring (bicyclic) bond motifs is 1. The maximum atomic E-state index is 13.8.